The summed E-state index contributed by atoms with van der Waals surface area (Å²) in [4.78, 5) is 1.37. The largest absolute Gasteiger partial charge is 0.207 e. The highest BCUT2D eigenvalue weighted by Crippen LogP contribution is 2.27. The van der Waals surface area contributed by atoms with Crippen molar-refractivity contribution in [1.29, 1.82) is 0 Å². The number of rotatable bonds is 5. The van der Waals surface area contributed by atoms with Crippen LogP contribution in [-0.2, 0) is 6.42 Å². The standard InChI is InChI=1S/C14H16FS/c1-2-3-4-5-6-13-9-11-7-8-12(15)10-14(11)16-13/h7-10H,1-6H2. The zero-order valence-electron chi connectivity index (χ0n) is 9.34. The highest BCUT2D eigenvalue weighted by Gasteiger charge is 2.02. The van der Waals surface area contributed by atoms with Gasteiger partial charge in [-0.15, -0.1) is 11.3 Å². The van der Waals surface area contributed by atoms with Gasteiger partial charge in [0.05, 0.1) is 0 Å². The van der Waals surface area contributed by atoms with Crippen LogP contribution in [0.15, 0.2) is 24.3 Å². The number of halogens is 1. The molecule has 16 heavy (non-hydrogen) atoms. The highest BCUT2D eigenvalue weighted by atomic mass is 32.1. The molecule has 0 atom stereocenters. The van der Waals surface area contributed by atoms with Gasteiger partial charge in [-0.05, 0) is 36.4 Å². The number of thiophene rings is 1. The first-order valence-corrected chi connectivity index (χ1v) is 6.58. The maximum atomic E-state index is 13.0. The fourth-order valence-electron chi connectivity index (χ4n) is 1.84. The molecule has 0 aliphatic heterocycles. The van der Waals surface area contributed by atoms with Gasteiger partial charge in [0.25, 0.3) is 0 Å². The summed E-state index contributed by atoms with van der Waals surface area (Å²) in [5.74, 6) is -0.141. The van der Waals surface area contributed by atoms with Gasteiger partial charge in [-0.2, -0.15) is 0 Å². The Labute approximate surface area is 100 Å². The molecule has 1 radical (unpaired) electrons. The Morgan fingerprint density at radius 1 is 1.12 bits per heavy atom. The van der Waals surface area contributed by atoms with Gasteiger partial charge in [0.15, 0.2) is 0 Å². The molecule has 0 N–H and O–H groups in total. The minimum Gasteiger partial charge on any atom is -0.207 e. The number of aryl methyl sites for hydroxylation is 1. The second-order valence-corrected chi connectivity index (χ2v) is 5.23. The maximum absolute atomic E-state index is 13.0. The summed E-state index contributed by atoms with van der Waals surface area (Å²) < 4.78 is 14.1. The third kappa shape index (κ3) is 2.82. The third-order valence-electron chi connectivity index (χ3n) is 2.71. The average molecular weight is 235 g/mol. The molecule has 0 saturated carbocycles. The van der Waals surface area contributed by atoms with Crippen LogP contribution >= 0.6 is 11.3 Å². The molecule has 1 aromatic heterocycles. The van der Waals surface area contributed by atoms with Gasteiger partial charge < -0.3 is 0 Å². The van der Waals surface area contributed by atoms with E-state index in [-0.39, 0.29) is 5.82 Å². The minimum atomic E-state index is -0.141. The molecule has 0 amide bonds. The second-order valence-electron chi connectivity index (χ2n) is 4.06. The van der Waals surface area contributed by atoms with E-state index in [0.717, 1.165) is 17.5 Å². The zero-order chi connectivity index (χ0) is 11.4. The summed E-state index contributed by atoms with van der Waals surface area (Å²) in [6.45, 7) is 3.84. The predicted octanol–water partition coefficient (Wildman–Crippen LogP) is 4.98. The van der Waals surface area contributed by atoms with E-state index in [2.05, 4.69) is 13.0 Å². The van der Waals surface area contributed by atoms with E-state index in [9.17, 15) is 4.39 Å². The molecule has 0 fully saturated rings. The first-order valence-electron chi connectivity index (χ1n) is 5.77. The zero-order valence-corrected chi connectivity index (χ0v) is 10.2. The van der Waals surface area contributed by atoms with Gasteiger partial charge in [0.1, 0.15) is 5.82 Å². The van der Waals surface area contributed by atoms with Crippen LogP contribution in [-0.4, -0.2) is 0 Å². The van der Waals surface area contributed by atoms with Crippen LogP contribution in [0.25, 0.3) is 10.1 Å². The topological polar surface area (TPSA) is 0 Å². The van der Waals surface area contributed by atoms with Gasteiger partial charge in [0, 0.05) is 9.58 Å². The number of benzene rings is 1. The van der Waals surface area contributed by atoms with Crippen LogP contribution < -0.4 is 0 Å². The molecule has 1 heterocycles. The first kappa shape index (κ1) is 11.6. The van der Waals surface area contributed by atoms with Crippen LogP contribution in [0, 0.1) is 12.7 Å². The number of hydrogen-bond donors (Lipinski definition) is 0. The molecular weight excluding hydrogens is 219 g/mol. The molecule has 0 nitrogen and oxygen atoms in total. The van der Waals surface area contributed by atoms with Crippen LogP contribution in [0.2, 0.25) is 0 Å². The summed E-state index contributed by atoms with van der Waals surface area (Å²) in [7, 11) is 0. The van der Waals surface area contributed by atoms with Crippen molar-refractivity contribution in [1.82, 2.24) is 0 Å². The minimum absolute atomic E-state index is 0.141. The first-order chi connectivity index (χ1) is 7.79. The number of fused-ring (bicyclic) bond motifs is 1. The van der Waals surface area contributed by atoms with Crippen molar-refractivity contribution in [2.75, 3.05) is 0 Å². The molecule has 0 unspecified atom stereocenters. The molecule has 0 spiro atoms. The quantitative estimate of drug-likeness (QED) is 0.641. The molecule has 0 bridgehead atoms. The van der Waals surface area contributed by atoms with Crippen molar-refractivity contribution >= 4 is 21.4 Å². The van der Waals surface area contributed by atoms with Gasteiger partial charge in [-0.3, -0.25) is 0 Å². The molecule has 85 valence electrons. The lowest BCUT2D eigenvalue weighted by molar-refractivity contribution is 0.630. The SMILES string of the molecule is [CH2]CCCCCc1cc2ccc(F)cc2s1. The van der Waals surface area contributed by atoms with Crippen LogP contribution in [0.4, 0.5) is 4.39 Å². The predicted molar refractivity (Wildman–Crippen MR) is 69.3 cm³/mol. The van der Waals surface area contributed by atoms with Crippen molar-refractivity contribution in [3.63, 3.8) is 0 Å². The van der Waals surface area contributed by atoms with Gasteiger partial charge >= 0.3 is 0 Å². The van der Waals surface area contributed by atoms with Gasteiger partial charge in [-0.1, -0.05) is 32.3 Å². The smallest absolute Gasteiger partial charge is 0.124 e. The van der Waals surface area contributed by atoms with E-state index in [1.807, 2.05) is 6.07 Å². The lowest BCUT2D eigenvalue weighted by Gasteiger charge is -1.95. The molecule has 0 saturated heterocycles. The molecule has 0 aliphatic carbocycles. The normalized spacial score (nSPS) is 11.1. The summed E-state index contributed by atoms with van der Waals surface area (Å²) in [6.07, 6.45) is 5.80. The summed E-state index contributed by atoms with van der Waals surface area (Å²) >= 11 is 1.71. The van der Waals surface area contributed by atoms with Crippen LogP contribution in [0.3, 0.4) is 0 Å². The molecule has 0 aliphatic rings. The fraction of sp³-hybridized carbons (Fsp3) is 0.357. The Kier molecular flexibility index (Phi) is 3.94. The van der Waals surface area contributed by atoms with Gasteiger partial charge in [-0.25, -0.2) is 4.39 Å². The van der Waals surface area contributed by atoms with E-state index in [4.69, 9.17) is 0 Å². The monoisotopic (exact) mass is 235 g/mol. The number of unbranched alkanes of at least 4 members (excludes halogenated alkanes) is 3. The Morgan fingerprint density at radius 3 is 2.81 bits per heavy atom. The lowest BCUT2D eigenvalue weighted by Crippen LogP contribution is -1.80. The van der Waals surface area contributed by atoms with E-state index < -0.39 is 0 Å². The Bertz CT molecular complexity index is 459. The summed E-state index contributed by atoms with van der Waals surface area (Å²) in [6, 6.07) is 7.20. The molecule has 2 aromatic rings. The van der Waals surface area contributed by atoms with Gasteiger partial charge in [0.2, 0.25) is 0 Å². The molecule has 2 heteroatoms. The fourth-order valence-corrected chi connectivity index (χ4v) is 2.97. The van der Waals surface area contributed by atoms with E-state index in [0.29, 0.717) is 0 Å². The van der Waals surface area contributed by atoms with Crippen LogP contribution in [0.5, 0.6) is 0 Å². The van der Waals surface area contributed by atoms with E-state index >= 15 is 0 Å². The van der Waals surface area contributed by atoms with Crippen molar-refractivity contribution < 1.29 is 4.39 Å². The van der Waals surface area contributed by atoms with E-state index in [1.165, 1.54) is 35.6 Å². The lowest BCUT2D eigenvalue weighted by atomic mass is 10.1. The van der Waals surface area contributed by atoms with Crippen LogP contribution in [0.1, 0.15) is 30.6 Å². The molecular formula is C14H16FS. The highest BCUT2D eigenvalue weighted by molar-refractivity contribution is 7.19. The van der Waals surface area contributed by atoms with Crippen molar-refractivity contribution in [3.05, 3.63) is 41.9 Å². The maximum Gasteiger partial charge on any atom is 0.124 e. The Morgan fingerprint density at radius 2 is 2.00 bits per heavy atom. The van der Waals surface area contributed by atoms with Crippen molar-refractivity contribution in [2.45, 2.75) is 32.1 Å². The second kappa shape index (κ2) is 5.44. The summed E-state index contributed by atoms with van der Waals surface area (Å²) in [5.41, 5.74) is 0. The summed E-state index contributed by atoms with van der Waals surface area (Å²) in [5, 5.41) is 1.17. The number of hydrogen-bond acceptors (Lipinski definition) is 1. The molecule has 1 aromatic carbocycles. The third-order valence-corrected chi connectivity index (χ3v) is 3.86. The van der Waals surface area contributed by atoms with E-state index in [1.54, 1.807) is 17.4 Å². The van der Waals surface area contributed by atoms with Crippen molar-refractivity contribution in [3.8, 4) is 0 Å². The molecule has 2 rings (SSSR count). The van der Waals surface area contributed by atoms with Crippen molar-refractivity contribution in [2.24, 2.45) is 0 Å². The Balaban J connectivity index is 2.02. The Hall–Kier alpha value is -0.890. The average Bonchev–Trinajstić information content (AvgIpc) is 2.66.